The lowest BCUT2D eigenvalue weighted by molar-refractivity contribution is -0.144. The van der Waals surface area contributed by atoms with E-state index in [1.54, 1.807) is 0 Å². The highest BCUT2D eigenvalue weighted by Crippen LogP contribution is 2.62. The van der Waals surface area contributed by atoms with E-state index in [0.717, 1.165) is 5.56 Å². The van der Waals surface area contributed by atoms with Crippen LogP contribution in [0.1, 0.15) is 12.5 Å². The van der Waals surface area contributed by atoms with Crippen LogP contribution in [0.25, 0.3) is 0 Å². The van der Waals surface area contributed by atoms with E-state index < -0.39 is 13.9 Å². The molecule has 3 atom stereocenters. The summed E-state index contributed by atoms with van der Waals surface area (Å²) in [6.45, 7) is 8.51. The van der Waals surface area contributed by atoms with Gasteiger partial charge in [-0.05, 0) is 25.2 Å². The predicted molar refractivity (Wildman–Crippen MR) is 77.2 cm³/mol. The molecule has 0 amide bonds. The first kappa shape index (κ1) is 14.3. The molecule has 1 aliphatic carbocycles. The van der Waals surface area contributed by atoms with Crippen LogP contribution in [0.5, 0.6) is 0 Å². The van der Waals surface area contributed by atoms with Crippen molar-refractivity contribution in [3.63, 3.8) is 0 Å². The highest BCUT2D eigenvalue weighted by atomic mass is 28.4. The molecule has 0 spiro atoms. The van der Waals surface area contributed by atoms with Crippen LogP contribution in [0.2, 0.25) is 19.6 Å². The second kappa shape index (κ2) is 4.76. The third kappa shape index (κ3) is 2.47. The molecule has 3 nitrogen and oxygen atoms in total. The van der Waals surface area contributed by atoms with Crippen LogP contribution >= 0.6 is 0 Å². The van der Waals surface area contributed by atoms with Gasteiger partial charge in [0, 0.05) is 5.92 Å². The van der Waals surface area contributed by atoms with Crippen LogP contribution in [-0.2, 0) is 19.6 Å². The highest BCUT2D eigenvalue weighted by Gasteiger charge is 2.69. The summed E-state index contributed by atoms with van der Waals surface area (Å²) in [5.41, 5.74) is 0.596. The summed E-state index contributed by atoms with van der Waals surface area (Å²) < 4.78 is 11.3. The largest absolute Gasteiger partial charge is 0.469 e. The minimum absolute atomic E-state index is 0.161. The number of hydrogen-bond donors (Lipinski definition) is 0. The number of rotatable bonds is 4. The second-order valence-corrected chi connectivity index (χ2v) is 10.6. The van der Waals surface area contributed by atoms with Gasteiger partial charge in [-0.15, -0.1) is 0 Å². The number of benzene rings is 1. The molecule has 1 aromatic rings. The number of methoxy groups -OCH3 is 1. The van der Waals surface area contributed by atoms with E-state index in [1.165, 1.54) is 7.11 Å². The third-order valence-electron chi connectivity index (χ3n) is 3.68. The van der Waals surface area contributed by atoms with Gasteiger partial charge in [-0.1, -0.05) is 37.3 Å². The quantitative estimate of drug-likeness (QED) is 0.627. The molecule has 4 heteroatoms. The zero-order valence-corrected chi connectivity index (χ0v) is 13.3. The van der Waals surface area contributed by atoms with Gasteiger partial charge in [0.15, 0.2) is 8.32 Å². The zero-order chi connectivity index (χ0) is 14.3. The summed E-state index contributed by atoms with van der Waals surface area (Å²) in [6.07, 6.45) is 0. The molecule has 1 aliphatic rings. The summed E-state index contributed by atoms with van der Waals surface area (Å²) in [5.74, 6) is -0.199. The average molecular weight is 278 g/mol. The maximum atomic E-state index is 12.0. The van der Waals surface area contributed by atoms with E-state index in [0.29, 0.717) is 0 Å². The standard InChI is InChI=1S/C15H22O3Si/c1-11-13(14(16)17-2)15(11,18-19(3,4)5)12-9-7-6-8-10-12/h6-11,13H,1-5H3/t11-,13-,15-/m1/s1. The van der Waals surface area contributed by atoms with Gasteiger partial charge in [0.1, 0.15) is 0 Å². The molecule has 104 valence electrons. The maximum absolute atomic E-state index is 12.0. The first-order valence-corrected chi connectivity index (χ1v) is 10.1. The van der Waals surface area contributed by atoms with Crippen molar-refractivity contribution in [3.8, 4) is 0 Å². The molecule has 0 aromatic heterocycles. The van der Waals surface area contributed by atoms with Gasteiger partial charge in [-0.2, -0.15) is 0 Å². The minimum atomic E-state index is -1.76. The molecule has 0 N–H and O–H groups in total. The van der Waals surface area contributed by atoms with Crippen molar-refractivity contribution >= 4 is 14.3 Å². The van der Waals surface area contributed by atoms with E-state index in [4.69, 9.17) is 9.16 Å². The Morgan fingerprint density at radius 2 is 1.79 bits per heavy atom. The van der Waals surface area contributed by atoms with E-state index in [1.807, 2.05) is 30.3 Å². The van der Waals surface area contributed by atoms with Crippen molar-refractivity contribution in [1.82, 2.24) is 0 Å². The van der Waals surface area contributed by atoms with Gasteiger partial charge >= 0.3 is 5.97 Å². The monoisotopic (exact) mass is 278 g/mol. The van der Waals surface area contributed by atoms with Gasteiger partial charge < -0.3 is 9.16 Å². The number of ether oxygens (including phenoxy) is 1. The zero-order valence-electron chi connectivity index (χ0n) is 12.3. The van der Waals surface area contributed by atoms with Gasteiger partial charge in [-0.3, -0.25) is 4.79 Å². The fraction of sp³-hybridized carbons (Fsp3) is 0.533. The Kier molecular flexibility index (Phi) is 3.58. The smallest absolute Gasteiger partial charge is 0.312 e. The van der Waals surface area contributed by atoms with Crippen LogP contribution in [0.4, 0.5) is 0 Å². The highest BCUT2D eigenvalue weighted by molar-refractivity contribution is 6.69. The predicted octanol–water partition coefficient (Wildman–Crippen LogP) is 3.17. The summed E-state index contributed by atoms with van der Waals surface area (Å²) in [4.78, 5) is 12.0. The lowest BCUT2D eigenvalue weighted by Gasteiger charge is -2.28. The second-order valence-electron chi connectivity index (χ2n) is 6.16. The van der Waals surface area contributed by atoms with Crippen LogP contribution in [0, 0.1) is 11.8 Å². The van der Waals surface area contributed by atoms with E-state index in [9.17, 15) is 4.79 Å². The van der Waals surface area contributed by atoms with Crippen LogP contribution in [-0.4, -0.2) is 21.4 Å². The lowest BCUT2D eigenvalue weighted by Crippen LogP contribution is -2.35. The summed E-state index contributed by atoms with van der Waals surface area (Å²) in [5, 5.41) is 0. The molecular weight excluding hydrogens is 256 g/mol. The molecule has 1 saturated carbocycles. The molecule has 0 bridgehead atoms. The van der Waals surface area contributed by atoms with Crippen molar-refractivity contribution in [2.24, 2.45) is 11.8 Å². The Morgan fingerprint density at radius 3 is 2.26 bits per heavy atom. The van der Waals surface area contributed by atoms with Crippen molar-refractivity contribution in [1.29, 1.82) is 0 Å². The van der Waals surface area contributed by atoms with Gasteiger partial charge in [0.25, 0.3) is 0 Å². The van der Waals surface area contributed by atoms with Crippen molar-refractivity contribution < 1.29 is 14.0 Å². The fourth-order valence-corrected chi connectivity index (χ4v) is 4.34. The molecular formula is C15H22O3Si. The first-order valence-electron chi connectivity index (χ1n) is 6.66. The lowest BCUT2D eigenvalue weighted by atomic mass is 10.0. The summed E-state index contributed by atoms with van der Waals surface area (Å²) in [6, 6.07) is 10.0. The topological polar surface area (TPSA) is 35.5 Å². The Labute approximate surface area is 116 Å². The molecule has 1 aromatic carbocycles. The normalized spacial score (nSPS) is 29.9. The van der Waals surface area contributed by atoms with Gasteiger partial charge in [0.05, 0.1) is 18.6 Å². The molecule has 0 aliphatic heterocycles. The summed E-state index contributed by atoms with van der Waals surface area (Å²) in [7, 11) is -0.321. The minimum Gasteiger partial charge on any atom is -0.469 e. The Balaban J connectivity index is 2.40. The number of hydrogen-bond acceptors (Lipinski definition) is 3. The third-order valence-corrected chi connectivity index (χ3v) is 4.63. The molecule has 0 heterocycles. The van der Waals surface area contributed by atoms with Crippen molar-refractivity contribution in [3.05, 3.63) is 35.9 Å². The Hall–Kier alpha value is -1.13. The number of carbonyl (C=O) groups excluding carboxylic acids is 1. The molecule has 0 radical (unpaired) electrons. The molecule has 0 unspecified atom stereocenters. The van der Waals surface area contributed by atoms with E-state index in [2.05, 4.69) is 26.6 Å². The Bertz CT molecular complexity index is 466. The average Bonchev–Trinajstić information content (AvgIpc) is 2.93. The molecule has 2 rings (SSSR count). The van der Waals surface area contributed by atoms with Gasteiger partial charge in [-0.25, -0.2) is 0 Å². The molecule has 0 saturated heterocycles. The van der Waals surface area contributed by atoms with E-state index in [-0.39, 0.29) is 17.8 Å². The number of esters is 1. The van der Waals surface area contributed by atoms with Crippen LogP contribution in [0.3, 0.4) is 0 Å². The van der Waals surface area contributed by atoms with Crippen LogP contribution in [0.15, 0.2) is 30.3 Å². The van der Waals surface area contributed by atoms with Crippen LogP contribution < -0.4 is 0 Å². The first-order chi connectivity index (χ1) is 8.83. The van der Waals surface area contributed by atoms with Crippen molar-refractivity contribution in [2.45, 2.75) is 32.2 Å². The molecule has 19 heavy (non-hydrogen) atoms. The summed E-state index contributed by atoms with van der Waals surface area (Å²) >= 11 is 0. The Morgan fingerprint density at radius 1 is 1.21 bits per heavy atom. The SMILES string of the molecule is COC(=O)[C@H]1[C@@H](C)[C@@]1(O[Si](C)(C)C)c1ccccc1. The molecule has 1 fully saturated rings. The maximum Gasteiger partial charge on any atom is 0.312 e. The van der Waals surface area contributed by atoms with Gasteiger partial charge in [0.2, 0.25) is 0 Å². The van der Waals surface area contributed by atoms with Crippen molar-refractivity contribution in [2.75, 3.05) is 7.11 Å². The fourth-order valence-electron chi connectivity index (χ4n) is 2.90. The van der Waals surface area contributed by atoms with E-state index >= 15 is 0 Å². The number of carbonyl (C=O) groups is 1.